The molecule has 4 aliphatic rings. The lowest BCUT2D eigenvalue weighted by atomic mass is 9.49. The van der Waals surface area contributed by atoms with Gasteiger partial charge in [0.1, 0.15) is 5.82 Å². The zero-order chi connectivity index (χ0) is 18.4. The molecule has 2 aromatic rings. The monoisotopic (exact) mass is 369 g/mol. The topological polar surface area (TPSA) is 68.0 Å². The van der Waals surface area contributed by atoms with Crippen LogP contribution >= 0.6 is 0 Å². The van der Waals surface area contributed by atoms with Crippen LogP contribution in [0.3, 0.4) is 0 Å². The minimum absolute atomic E-state index is 0.122. The second-order valence-electron chi connectivity index (χ2n) is 8.71. The first kappa shape index (κ1) is 16.9. The number of rotatable bonds is 5. The van der Waals surface area contributed by atoms with Crippen LogP contribution in [-0.2, 0) is 11.2 Å². The van der Waals surface area contributed by atoms with Crippen LogP contribution in [0.4, 0.5) is 4.39 Å². The van der Waals surface area contributed by atoms with Gasteiger partial charge in [-0.1, -0.05) is 0 Å². The number of aromatic nitrogens is 2. The molecule has 4 bridgehead atoms. The van der Waals surface area contributed by atoms with Gasteiger partial charge >= 0.3 is 0 Å². The van der Waals surface area contributed by atoms with Crippen LogP contribution in [0, 0.1) is 29.0 Å². The maximum atomic E-state index is 13.0. The van der Waals surface area contributed by atoms with Gasteiger partial charge in [-0.15, -0.1) is 10.2 Å². The SMILES string of the molecule is O=C(NCCc1nnc(-c2ccc(F)cc2)o1)C12CC3CC(CC(C3)C1)C2. The lowest BCUT2D eigenvalue weighted by molar-refractivity contribution is -0.146. The van der Waals surface area contributed by atoms with Gasteiger partial charge in [-0.25, -0.2) is 4.39 Å². The smallest absolute Gasteiger partial charge is 0.247 e. The highest BCUT2D eigenvalue weighted by atomic mass is 19.1. The van der Waals surface area contributed by atoms with Crippen LogP contribution in [0.1, 0.15) is 44.4 Å². The summed E-state index contributed by atoms with van der Waals surface area (Å²) in [6.07, 6.45) is 7.72. The fraction of sp³-hybridized carbons (Fsp3) is 0.571. The molecule has 4 aliphatic carbocycles. The van der Waals surface area contributed by atoms with E-state index in [-0.39, 0.29) is 17.1 Å². The van der Waals surface area contributed by atoms with Gasteiger partial charge in [-0.05, 0) is 80.5 Å². The molecule has 6 heteroatoms. The van der Waals surface area contributed by atoms with Gasteiger partial charge in [0.05, 0.1) is 0 Å². The summed E-state index contributed by atoms with van der Waals surface area (Å²) in [6, 6.07) is 5.96. The molecule has 1 heterocycles. The molecular formula is C21H24FN3O2. The molecule has 142 valence electrons. The van der Waals surface area contributed by atoms with E-state index in [0.717, 1.165) is 37.0 Å². The highest BCUT2D eigenvalue weighted by Crippen LogP contribution is 2.60. The molecule has 0 atom stereocenters. The molecule has 1 N–H and O–H groups in total. The number of carbonyl (C=O) groups excluding carboxylic acids is 1. The molecule has 5 nitrogen and oxygen atoms in total. The van der Waals surface area contributed by atoms with E-state index < -0.39 is 0 Å². The van der Waals surface area contributed by atoms with Crippen molar-refractivity contribution in [3.63, 3.8) is 0 Å². The van der Waals surface area contributed by atoms with E-state index in [0.29, 0.717) is 30.3 Å². The third-order valence-electron chi connectivity index (χ3n) is 6.70. The zero-order valence-electron chi connectivity index (χ0n) is 15.3. The number of nitrogens with one attached hydrogen (secondary N) is 1. The van der Waals surface area contributed by atoms with Crippen molar-refractivity contribution in [3.05, 3.63) is 36.0 Å². The first-order valence-electron chi connectivity index (χ1n) is 9.96. The number of amides is 1. The van der Waals surface area contributed by atoms with Crippen molar-refractivity contribution in [2.24, 2.45) is 23.2 Å². The second kappa shape index (κ2) is 6.43. The summed E-state index contributed by atoms with van der Waals surface area (Å²) in [5.74, 6) is 3.06. The summed E-state index contributed by atoms with van der Waals surface area (Å²) in [4.78, 5) is 12.9. The first-order chi connectivity index (χ1) is 13.1. The summed E-state index contributed by atoms with van der Waals surface area (Å²) in [5, 5.41) is 11.2. The second-order valence-corrected chi connectivity index (χ2v) is 8.71. The Morgan fingerprint density at radius 2 is 1.70 bits per heavy atom. The fourth-order valence-corrected chi connectivity index (χ4v) is 5.92. The van der Waals surface area contributed by atoms with Gasteiger partial charge < -0.3 is 9.73 Å². The lowest BCUT2D eigenvalue weighted by Gasteiger charge is -2.55. The average Bonchev–Trinajstić information content (AvgIpc) is 3.10. The summed E-state index contributed by atoms with van der Waals surface area (Å²) in [5.41, 5.74) is 0.566. The Labute approximate surface area is 157 Å². The van der Waals surface area contributed by atoms with Crippen molar-refractivity contribution in [2.45, 2.75) is 44.9 Å². The molecule has 0 radical (unpaired) electrons. The van der Waals surface area contributed by atoms with Crippen molar-refractivity contribution in [1.29, 1.82) is 0 Å². The number of hydrogen-bond donors (Lipinski definition) is 1. The highest BCUT2D eigenvalue weighted by Gasteiger charge is 2.54. The molecule has 4 saturated carbocycles. The van der Waals surface area contributed by atoms with Crippen molar-refractivity contribution in [1.82, 2.24) is 15.5 Å². The molecule has 1 aromatic carbocycles. The van der Waals surface area contributed by atoms with Crippen molar-refractivity contribution in [3.8, 4) is 11.5 Å². The Balaban J connectivity index is 1.18. The quantitative estimate of drug-likeness (QED) is 0.872. The van der Waals surface area contributed by atoms with E-state index in [9.17, 15) is 9.18 Å². The molecule has 4 fully saturated rings. The van der Waals surface area contributed by atoms with Gasteiger partial charge in [0.2, 0.25) is 17.7 Å². The summed E-state index contributed by atoms with van der Waals surface area (Å²) >= 11 is 0. The van der Waals surface area contributed by atoms with Gasteiger partial charge in [0, 0.05) is 23.9 Å². The Hall–Kier alpha value is -2.24. The van der Waals surface area contributed by atoms with Gasteiger partial charge in [0.15, 0.2) is 0 Å². The molecule has 1 amide bonds. The molecule has 27 heavy (non-hydrogen) atoms. The summed E-state index contributed by atoms with van der Waals surface area (Å²) in [6.45, 7) is 0.506. The predicted octanol–water partition coefficient (Wildman–Crippen LogP) is 3.75. The summed E-state index contributed by atoms with van der Waals surface area (Å²) in [7, 11) is 0. The van der Waals surface area contributed by atoms with Crippen LogP contribution in [-0.4, -0.2) is 22.6 Å². The predicted molar refractivity (Wildman–Crippen MR) is 97.0 cm³/mol. The molecule has 6 rings (SSSR count). The van der Waals surface area contributed by atoms with E-state index >= 15 is 0 Å². The fourth-order valence-electron chi connectivity index (χ4n) is 5.92. The Morgan fingerprint density at radius 1 is 1.07 bits per heavy atom. The Morgan fingerprint density at radius 3 is 2.33 bits per heavy atom. The summed E-state index contributed by atoms with van der Waals surface area (Å²) < 4.78 is 18.7. The third kappa shape index (κ3) is 3.15. The van der Waals surface area contributed by atoms with E-state index in [1.807, 2.05) is 0 Å². The number of hydrogen-bond acceptors (Lipinski definition) is 4. The van der Waals surface area contributed by atoms with Crippen molar-refractivity contribution < 1.29 is 13.6 Å². The molecule has 1 aromatic heterocycles. The normalized spacial score (nSPS) is 31.2. The van der Waals surface area contributed by atoms with E-state index in [1.165, 1.54) is 31.4 Å². The molecular weight excluding hydrogens is 345 g/mol. The van der Waals surface area contributed by atoms with Crippen LogP contribution < -0.4 is 5.32 Å². The lowest BCUT2D eigenvalue weighted by Crippen LogP contribution is -2.53. The molecule has 0 spiro atoms. The maximum Gasteiger partial charge on any atom is 0.247 e. The van der Waals surface area contributed by atoms with E-state index in [4.69, 9.17) is 4.42 Å². The van der Waals surface area contributed by atoms with Gasteiger partial charge in [-0.2, -0.15) is 0 Å². The first-order valence-corrected chi connectivity index (χ1v) is 9.96. The van der Waals surface area contributed by atoms with Crippen LogP contribution in [0.15, 0.2) is 28.7 Å². The average molecular weight is 369 g/mol. The molecule has 0 aliphatic heterocycles. The minimum Gasteiger partial charge on any atom is -0.421 e. The highest BCUT2D eigenvalue weighted by molar-refractivity contribution is 5.83. The van der Waals surface area contributed by atoms with Crippen LogP contribution in [0.2, 0.25) is 0 Å². The minimum atomic E-state index is -0.300. The van der Waals surface area contributed by atoms with E-state index in [1.54, 1.807) is 12.1 Å². The van der Waals surface area contributed by atoms with Crippen LogP contribution in [0.25, 0.3) is 11.5 Å². The van der Waals surface area contributed by atoms with Crippen molar-refractivity contribution >= 4 is 5.91 Å². The Kier molecular flexibility index (Phi) is 4.02. The maximum absolute atomic E-state index is 13.0. The molecule has 0 unspecified atom stereocenters. The standard InChI is InChI=1S/C21H24FN3O2/c22-17-3-1-16(2-4-17)19-25-24-18(27-19)5-6-23-20(26)21-10-13-7-14(11-21)9-15(8-13)12-21/h1-4,13-15H,5-12H2,(H,23,26). The number of nitrogens with zero attached hydrogens (tertiary/aromatic N) is 2. The largest absolute Gasteiger partial charge is 0.421 e. The zero-order valence-corrected chi connectivity index (χ0v) is 15.3. The van der Waals surface area contributed by atoms with Crippen molar-refractivity contribution in [2.75, 3.05) is 6.54 Å². The van der Waals surface area contributed by atoms with Gasteiger partial charge in [-0.3, -0.25) is 4.79 Å². The number of carbonyl (C=O) groups is 1. The number of halogens is 1. The van der Waals surface area contributed by atoms with E-state index in [2.05, 4.69) is 15.5 Å². The Bertz CT molecular complexity index is 810. The van der Waals surface area contributed by atoms with Crippen LogP contribution in [0.5, 0.6) is 0 Å². The van der Waals surface area contributed by atoms with Gasteiger partial charge in [0.25, 0.3) is 0 Å². The third-order valence-corrected chi connectivity index (χ3v) is 6.70. The molecule has 0 saturated heterocycles. The number of benzene rings is 1.